The minimum atomic E-state index is -4.74. The first-order valence-electron chi connectivity index (χ1n) is 11.7. The number of methoxy groups -OCH3 is 3. The van der Waals surface area contributed by atoms with E-state index in [1.807, 2.05) is 31.2 Å². The van der Waals surface area contributed by atoms with Gasteiger partial charge >= 0.3 is 6.36 Å². The standard InChI is InChI=1S/C25H29F3N4O6.ClH/c1-15-20(33-2)21(34-3)22(35-4)24(36-15)38-30-13-16-5-7-17(8-6-16)23-29-14-32(31-23)18-9-11-19(12-10-18)37-25(26,27)28;/h5-12,14-15,20-22,24,30H,13H2,1-4H3;1H/t15-,20-,21+,22+,24-;/m0./s1. The second-order valence-electron chi connectivity index (χ2n) is 8.50. The Labute approximate surface area is 229 Å². The summed E-state index contributed by atoms with van der Waals surface area (Å²) in [6.07, 6.45) is -5.38. The van der Waals surface area contributed by atoms with Gasteiger partial charge in [0, 0.05) is 33.4 Å². The summed E-state index contributed by atoms with van der Waals surface area (Å²) in [6, 6.07) is 12.9. The van der Waals surface area contributed by atoms with Gasteiger partial charge in [0.05, 0.1) is 11.8 Å². The molecule has 214 valence electrons. The van der Waals surface area contributed by atoms with Gasteiger partial charge in [-0.1, -0.05) is 24.3 Å². The Kier molecular flexibility index (Phi) is 10.7. The van der Waals surface area contributed by atoms with Gasteiger partial charge in [0.15, 0.2) is 5.82 Å². The first-order chi connectivity index (χ1) is 18.2. The third-order valence-corrected chi connectivity index (χ3v) is 6.06. The van der Waals surface area contributed by atoms with Crippen molar-refractivity contribution in [1.82, 2.24) is 20.2 Å². The number of benzene rings is 2. The van der Waals surface area contributed by atoms with Crippen LogP contribution in [0.4, 0.5) is 13.2 Å². The van der Waals surface area contributed by atoms with E-state index in [-0.39, 0.29) is 36.5 Å². The molecular weight excluding hydrogens is 545 g/mol. The highest BCUT2D eigenvalue weighted by molar-refractivity contribution is 5.85. The number of nitrogens with zero attached hydrogens (tertiary/aromatic N) is 3. The topological polar surface area (TPSA) is 98.1 Å². The van der Waals surface area contributed by atoms with Crippen molar-refractivity contribution in [3.8, 4) is 22.8 Å². The highest BCUT2D eigenvalue weighted by Gasteiger charge is 2.46. The van der Waals surface area contributed by atoms with Crippen LogP contribution >= 0.6 is 12.4 Å². The van der Waals surface area contributed by atoms with Crippen LogP contribution in [0.15, 0.2) is 54.9 Å². The van der Waals surface area contributed by atoms with Crippen LogP contribution < -0.4 is 10.2 Å². The minimum Gasteiger partial charge on any atom is -0.406 e. The molecule has 0 saturated carbocycles. The van der Waals surface area contributed by atoms with Gasteiger partial charge < -0.3 is 23.7 Å². The maximum Gasteiger partial charge on any atom is 0.573 e. The average molecular weight is 575 g/mol. The van der Waals surface area contributed by atoms with Gasteiger partial charge in [0.2, 0.25) is 6.29 Å². The fraction of sp³-hybridized carbons (Fsp3) is 0.440. The van der Waals surface area contributed by atoms with Crippen molar-refractivity contribution < 1.29 is 41.7 Å². The lowest BCUT2D eigenvalue weighted by atomic mass is 9.99. The SMILES string of the molecule is CO[C@@H]1[C@@H](OC)[C@H](C)O[C@@H](ONCc2ccc(-c3ncn(-c4ccc(OC(F)(F)F)cc4)n3)cc2)[C@@H]1OC.Cl. The molecule has 1 N–H and O–H groups in total. The van der Waals surface area contributed by atoms with Crippen LogP contribution in [0.25, 0.3) is 17.1 Å². The van der Waals surface area contributed by atoms with Gasteiger partial charge in [0.25, 0.3) is 0 Å². The lowest BCUT2D eigenvalue weighted by molar-refractivity contribution is -0.319. The number of rotatable bonds is 10. The molecule has 0 unspecified atom stereocenters. The van der Waals surface area contributed by atoms with Gasteiger partial charge in [-0.25, -0.2) is 9.67 Å². The quantitative estimate of drug-likeness (QED) is 0.359. The Morgan fingerprint density at radius 1 is 0.923 bits per heavy atom. The van der Waals surface area contributed by atoms with Crippen molar-refractivity contribution in [1.29, 1.82) is 0 Å². The summed E-state index contributed by atoms with van der Waals surface area (Å²) in [5, 5.41) is 4.41. The molecule has 1 saturated heterocycles. The van der Waals surface area contributed by atoms with Crippen LogP contribution in [0.1, 0.15) is 12.5 Å². The van der Waals surface area contributed by atoms with Gasteiger partial charge in [-0.15, -0.1) is 30.7 Å². The van der Waals surface area contributed by atoms with Crippen LogP contribution in [0.3, 0.4) is 0 Å². The molecule has 2 aromatic carbocycles. The maximum atomic E-state index is 12.4. The highest BCUT2D eigenvalue weighted by atomic mass is 35.5. The van der Waals surface area contributed by atoms with E-state index < -0.39 is 18.8 Å². The second kappa shape index (κ2) is 13.5. The Morgan fingerprint density at radius 2 is 1.56 bits per heavy atom. The van der Waals surface area contributed by atoms with Gasteiger partial charge in [-0.3, -0.25) is 4.84 Å². The third-order valence-electron chi connectivity index (χ3n) is 6.06. The van der Waals surface area contributed by atoms with E-state index in [0.717, 1.165) is 11.1 Å². The highest BCUT2D eigenvalue weighted by Crippen LogP contribution is 2.27. The number of halogens is 4. The molecule has 39 heavy (non-hydrogen) atoms. The minimum absolute atomic E-state index is 0. The zero-order chi connectivity index (χ0) is 27.3. The van der Waals surface area contributed by atoms with E-state index in [4.69, 9.17) is 23.8 Å². The summed E-state index contributed by atoms with van der Waals surface area (Å²) in [4.78, 5) is 10.1. The second-order valence-corrected chi connectivity index (χ2v) is 8.50. The van der Waals surface area contributed by atoms with Crippen molar-refractivity contribution >= 4 is 12.4 Å². The van der Waals surface area contributed by atoms with Crippen molar-refractivity contribution in [2.75, 3.05) is 21.3 Å². The van der Waals surface area contributed by atoms with Gasteiger partial charge in [0.1, 0.15) is 30.4 Å². The summed E-state index contributed by atoms with van der Waals surface area (Å²) in [7, 11) is 4.75. The van der Waals surface area contributed by atoms with E-state index in [0.29, 0.717) is 18.1 Å². The van der Waals surface area contributed by atoms with E-state index >= 15 is 0 Å². The summed E-state index contributed by atoms with van der Waals surface area (Å²) in [6.45, 7) is 2.28. The Balaban J connectivity index is 0.00000420. The van der Waals surface area contributed by atoms with Crippen LogP contribution in [0.2, 0.25) is 0 Å². The van der Waals surface area contributed by atoms with E-state index in [9.17, 15) is 13.2 Å². The monoisotopic (exact) mass is 574 g/mol. The predicted molar refractivity (Wildman–Crippen MR) is 135 cm³/mol. The zero-order valence-corrected chi connectivity index (χ0v) is 22.4. The molecule has 1 aliphatic rings. The Bertz CT molecular complexity index is 1170. The number of nitrogens with one attached hydrogen (secondary N) is 1. The van der Waals surface area contributed by atoms with E-state index in [1.54, 1.807) is 21.3 Å². The molecule has 0 amide bonds. The van der Waals surface area contributed by atoms with Crippen LogP contribution in [-0.4, -0.2) is 73.2 Å². The van der Waals surface area contributed by atoms with Crippen molar-refractivity contribution in [3.05, 3.63) is 60.4 Å². The smallest absolute Gasteiger partial charge is 0.406 e. The molecule has 3 aromatic rings. The molecule has 1 fully saturated rings. The van der Waals surface area contributed by atoms with E-state index in [1.165, 1.54) is 35.3 Å². The summed E-state index contributed by atoms with van der Waals surface area (Å²) >= 11 is 0. The molecule has 5 atom stereocenters. The molecule has 1 aliphatic heterocycles. The molecule has 10 nitrogen and oxygen atoms in total. The van der Waals surface area contributed by atoms with Gasteiger partial charge in [-0.2, -0.15) is 5.48 Å². The normalized spacial score (nSPS) is 23.3. The van der Waals surface area contributed by atoms with Crippen LogP contribution in [0, 0.1) is 0 Å². The number of hydroxylamine groups is 1. The predicted octanol–water partition coefficient (Wildman–Crippen LogP) is 4.07. The van der Waals surface area contributed by atoms with Crippen LogP contribution in [-0.2, 0) is 30.3 Å². The fourth-order valence-electron chi connectivity index (χ4n) is 4.21. The van der Waals surface area contributed by atoms with Crippen LogP contribution in [0.5, 0.6) is 5.75 Å². The van der Waals surface area contributed by atoms with Crippen molar-refractivity contribution in [2.45, 2.75) is 50.5 Å². The molecule has 2 heterocycles. The molecule has 0 bridgehead atoms. The summed E-state index contributed by atoms with van der Waals surface area (Å²) in [5.41, 5.74) is 5.16. The number of ether oxygens (including phenoxy) is 5. The molecule has 0 spiro atoms. The number of hydrogen-bond acceptors (Lipinski definition) is 9. The fourth-order valence-corrected chi connectivity index (χ4v) is 4.21. The maximum absolute atomic E-state index is 12.4. The lowest BCUT2D eigenvalue weighted by Gasteiger charge is -2.43. The molecule has 1 aromatic heterocycles. The number of aromatic nitrogens is 3. The molecule has 0 radical (unpaired) electrons. The van der Waals surface area contributed by atoms with Gasteiger partial charge in [-0.05, 0) is 36.8 Å². The molecule has 0 aliphatic carbocycles. The largest absolute Gasteiger partial charge is 0.573 e. The van der Waals surface area contributed by atoms with Crippen molar-refractivity contribution in [3.63, 3.8) is 0 Å². The molecule has 14 heteroatoms. The third kappa shape index (κ3) is 7.66. The average Bonchev–Trinajstić information content (AvgIpc) is 3.38. The Morgan fingerprint density at radius 3 is 2.15 bits per heavy atom. The first kappa shape index (κ1) is 30.8. The van der Waals surface area contributed by atoms with E-state index in [2.05, 4.69) is 20.3 Å². The summed E-state index contributed by atoms with van der Waals surface area (Å²) in [5.74, 6) is 0.150. The molecule has 4 rings (SSSR count). The zero-order valence-electron chi connectivity index (χ0n) is 21.6. The Hall–Kier alpha value is -2.78. The van der Waals surface area contributed by atoms with Crippen molar-refractivity contribution in [2.24, 2.45) is 0 Å². The number of hydrogen-bond donors (Lipinski definition) is 1. The number of alkyl halides is 3. The molecular formula is C25H30ClF3N4O6. The lowest BCUT2D eigenvalue weighted by Crippen LogP contribution is -2.60. The summed E-state index contributed by atoms with van der Waals surface area (Å²) < 4.78 is 65.0. The first-order valence-corrected chi connectivity index (χ1v) is 11.7.